The average molecular weight is 438 g/mol. The lowest BCUT2D eigenvalue weighted by atomic mass is 10.0. The maximum absolute atomic E-state index is 12.8. The first-order chi connectivity index (χ1) is 16.2. The van der Waals surface area contributed by atoms with Crippen molar-refractivity contribution in [2.45, 2.75) is 6.42 Å². The van der Waals surface area contributed by atoms with Gasteiger partial charge in [-0.25, -0.2) is 9.97 Å². The van der Waals surface area contributed by atoms with Crippen LogP contribution in [0.3, 0.4) is 0 Å². The minimum atomic E-state index is 0.0603. The summed E-state index contributed by atoms with van der Waals surface area (Å²) in [6, 6.07) is 19.8. The summed E-state index contributed by atoms with van der Waals surface area (Å²) in [4.78, 5) is 23.2. The van der Waals surface area contributed by atoms with Crippen LogP contribution in [0.25, 0.3) is 21.7 Å². The molecule has 0 radical (unpaired) electrons. The van der Waals surface area contributed by atoms with Crippen LogP contribution >= 0.6 is 0 Å². The van der Waals surface area contributed by atoms with E-state index in [-0.39, 0.29) is 5.91 Å². The zero-order valence-electron chi connectivity index (χ0n) is 18.1. The van der Waals surface area contributed by atoms with Crippen molar-refractivity contribution in [3.8, 4) is 6.07 Å². The minimum Gasteiger partial charge on any atom is -0.378 e. The van der Waals surface area contributed by atoms with E-state index in [4.69, 9.17) is 4.74 Å². The molecule has 7 nitrogen and oxygen atoms in total. The van der Waals surface area contributed by atoms with E-state index >= 15 is 0 Å². The Hall–Kier alpha value is -4.02. The van der Waals surface area contributed by atoms with Gasteiger partial charge in [-0.3, -0.25) is 4.79 Å². The molecule has 1 aromatic heterocycles. The molecule has 2 heterocycles. The number of ether oxygens (including phenoxy) is 1. The maximum Gasteiger partial charge on any atom is 0.254 e. The number of morpholine rings is 1. The van der Waals surface area contributed by atoms with Gasteiger partial charge in [-0.15, -0.1) is 0 Å². The molecular weight excluding hydrogens is 414 g/mol. The summed E-state index contributed by atoms with van der Waals surface area (Å²) in [5, 5.41) is 15.6. The van der Waals surface area contributed by atoms with Crippen molar-refractivity contribution in [3.63, 3.8) is 0 Å². The second-order valence-corrected chi connectivity index (χ2v) is 8.04. The molecule has 1 amide bonds. The molecule has 33 heavy (non-hydrogen) atoms. The van der Waals surface area contributed by atoms with E-state index in [1.165, 1.54) is 11.9 Å². The van der Waals surface area contributed by atoms with Crippen molar-refractivity contribution in [2.75, 3.05) is 38.2 Å². The number of hydrogen-bond donors (Lipinski definition) is 1. The second kappa shape index (κ2) is 9.23. The minimum absolute atomic E-state index is 0.0603. The fourth-order valence-corrected chi connectivity index (χ4v) is 4.13. The van der Waals surface area contributed by atoms with Crippen LogP contribution in [0.2, 0.25) is 0 Å². The number of carbonyl (C=O) groups is 1. The third-order valence-corrected chi connectivity index (χ3v) is 5.92. The molecule has 7 heteroatoms. The van der Waals surface area contributed by atoms with Crippen LogP contribution in [0.5, 0.6) is 0 Å². The second-order valence-electron chi connectivity index (χ2n) is 8.04. The van der Waals surface area contributed by atoms with Gasteiger partial charge < -0.3 is 15.0 Å². The summed E-state index contributed by atoms with van der Waals surface area (Å²) < 4.78 is 5.34. The summed E-state index contributed by atoms with van der Waals surface area (Å²) >= 11 is 0. The van der Waals surface area contributed by atoms with E-state index in [2.05, 4.69) is 39.6 Å². The number of nitriles is 1. The number of nitrogens with one attached hydrogen (secondary N) is 1. The first kappa shape index (κ1) is 20.9. The Balaban J connectivity index is 1.28. The zero-order chi connectivity index (χ0) is 22.6. The molecule has 1 saturated heterocycles. The Morgan fingerprint density at radius 1 is 1.03 bits per heavy atom. The predicted molar refractivity (Wildman–Crippen MR) is 127 cm³/mol. The standard InChI is InChI=1S/C26H23N5O2/c27-16-19-2-6-24-23(14-19)25(30-17-29-24)28-8-7-18-1-3-21-15-22(5-4-20(21)13-18)26(32)31-9-11-33-12-10-31/h1-6,13-15,17H,7-12H2,(H,28,29,30). The highest BCUT2D eigenvalue weighted by molar-refractivity contribution is 5.98. The van der Waals surface area contributed by atoms with Crippen LogP contribution in [0.4, 0.5) is 5.82 Å². The summed E-state index contributed by atoms with van der Waals surface area (Å²) in [6.45, 7) is 3.18. The molecule has 1 N–H and O–H groups in total. The lowest BCUT2D eigenvalue weighted by Gasteiger charge is -2.27. The smallest absolute Gasteiger partial charge is 0.254 e. The highest BCUT2D eigenvalue weighted by Gasteiger charge is 2.18. The third-order valence-electron chi connectivity index (χ3n) is 5.92. The Kier molecular flexibility index (Phi) is 5.83. The van der Waals surface area contributed by atoms with Gasteiger partial charge in [0, 0.05) is 30.6 Å². The number of nitrogens with zero attached hydrogens (tertiary/aromatic N) is 4. The van der Waals surface area contributed by atoms with Crippen LogP contribution in [-0.4, -0.2) is 53.6 Å². The summed E-state index contributed by atoms with van der Waals surface area (Å²) in [5.74, 6) is 0.786. The molecule has 0 atom stereocenters. The predicted octanol–water partition coefficient (Wildman–Crippen LogP) is 3.78. The molecule has 0 saturated carbocycles. The largest absolute Gasteiger partial charge is 0.378 e. The van der Waals surface area contributed by atoms with Gasteiger partial charge in [0.2, 0.25) is 0 Å². The van der Waals surface area contributed by atoms with Gasteiger partial charge in [0.25, 0.3) is 5.91 Å². The van der Waals surface area contributed by atoms with Crippen molar-refractivity contribution >= 4 is 33.4 Å². The first-order valence-corrected chi connectivity index (χ1v) is 11.0. The van der Waals surface area contributed by atoms with E-state index in [0.717, 1.165) is 33.9 Å². The molecule has 1 aliphatic rings. The number of fused-ring (bicyclic) bond motifs is 2. The van der Waals surface area contributed by atoms with E-state index in [1.54, 1.807) is 6.07 Å². The fraction of sp³-hybridized carbons (Fsp3) is 0.231. The molecule has 3 aromatic carbocycles. The molecule has 0 unspecified atom stereocenters. The number of amides is 1. The number of hydrogen-bond acceptors (Lipinski definition) is 6. The van der Waals surface area contributed by atoms with Crippen LogP contribution < -0.4 is 5.32 Å². The third kappa shape index (κ3) is 4.47. The van der Waals surface area contributed by atoms with E-state index in [0.29, 0.717) is 44.0 Å². The number of anilines is 1. The highest BCUT2D eigenvalue weighted by Crippen LogP contribution is 2.22. The molecule has 1 fully saturated rings. The Morgan fingerprint density at radius 3 is 2.70 bits per heavy atom. The van der Waals surface area contributed by atoms with Crippen LogP contribution in [0, 0.1) is 11.3 Å². The van der Waals surface area contributed by atoms with Crippen LogP contribution in [0.1, 0.15) is 21.5 Å². The molecule has 4 aromatic rings. The topological polar surface area (TPSA) is 91.1 Å². The monoisotopic (exact) mass is 437 g/mol. The Labute approximate surface area is 191 Å². The Bertz CT molecular complexity index is 1370. The number of carbonyl (C=O) groups excluding carboxylic acids is 1. The van der Waals surface area contributed by atoms with Gasteiger partial charge in [0.15, 0.2) is 0 Å². The van der Waals surface area contributed by atoms with Gasteiger partial charge in [-0.1, -0.05) is 24.3 Å². The van der Waals surface area contributed by atoms with E-state index < -0.39 is 0 Å². The van der Waals surface area contributed by atoms with E-state index in [9.17, 15) is 10.1 Å². The Morgan fingerprint density at radius 2 is 1.85 bits per heavy atom. The SMILES string of the molecule is N#Cc1ccc2ncnc(NCCc3ccc4cc(C(=O)N5CCOCC5)ccc4c3)c2c1. The average Bonchev–Trinajstić information content (AvgIpc) is 2.88. The summed E-state index contributed by atoms with van der Waals surface area (Å²) in [6.07, 6.45) is 2.34. The van der Waals surface area contributed by atoms with Gasteiger partial charge in [-0.2, -0.15) is 5.26 Å². The van der Waals surface area contributed by atoms with Gasteiger partial charge in [-0.05, 0) is 53.1 Å². The highest BCUT2D eigenvalue weighted by atomic mass is 16.5. The van der Waals surface area contributed by atoms with Crippen LogP contribution in [-0.2, 0) is 11.2 Å². The van der Waals surface area contributed by atoms with Gasteiger partial charge in [0.1, 0.15) is 12.1 Å². The van der Waals surface area contributed by atoms with Crippen molar-refractivity contribution < 1.29 is 9.53 Å². The zero-order valence-corrected chi connectivity index (χ0v) is 18.1. The van der Waals surface area contributed by atoms with Crippen LogP contribution in [0.15, 0.2) is 60.9 Å². The van der Waals surface area contributed by atoms with E-state index in [1.807, 2.05) is 35.2 Å². The molecule has 0 aliphatic carbocycles. The summed E-state index contributed by atoms with van der Waals surface area (Å²) in [5.41, 5.74) is 3.30. The molecule has 0 bridgehead atoms. The van der Waals surface area contributed by atoms with Crippen molar-refractivity contribution in [1.82, 2.24) is 14.9 Å². The molecule has 0 spiro atoms. The van der Waals surface area contributed by atoms with Crippen molar-refractivity contribution in [2.24, 2.45) is 0 Å². The molecule has 164 valence electrons. The number of aromatic nitrogens is 2. The lowest BCUT2D eigenvalue weighted by Crippen LogP contribution is -2.40. The van der Waals surface area contributed by atoms with Gasteiger partial charge in [0.05, 0.1) is 30.4 Å². The van der Waals surface area contributed by atoms with Crippen molar-refractivity contribution in [1.29, 1.82) is 5.26 Å². The summed E-state index contributed by atoms with van der Waals surface area (Å²) in [7, 11) is 0. The van der Waals surface area contributed by atoms with Crippen molar-refractivity contribution in [3.05, 3.63) is 77.6 Å². The molecular formula is C26H23N5O2. The normalized spacial score (nSPS) is 13.7. The number of benzene rings is 3. The molecule has 1 aliphatic heterocycles. The maximum atomic E-state index is 12.8. The van der Waals surface area contributed by atoms with Gasteiger partial charge >= 0.3 is 0 Å². The fourth-order valence-electron chi connectivity index (χ4n) is 4.13. The first-order valence-electron chi connectivity index (χ1n) is 11.0. The number of rotatable bonds is 5. The molecule has 5 rings (SSSR count). The quantitative estimate of drug-likeness (QED) is 0.511. The lowest BCUT2D eigenvalue weighted by molar-refractivity contribution is 0.0303.